The topological polar surface area (TPSA) is 70.8 Å². The molecule has 2 aromatic carbocycles. The molecule has 1 amide bonds. The summed E-state index contributed by atoms with van der Waals surface area (Å²) in [6.07, 6.45) is 0. The van der Waals surface area contributed by atoms with E-state index in [0.717, 1.165) is 34.2 Å². The monoisotopic (exact) mass is 491 g/mol. The summed E-state index contributed by atoms with van der Waals surface area (Å²) in [5, 5.41) is 5.25. The van der Waals surface area contributed by atoms with Crippen molar-refractivity contribution in [1.82, 2.24) is 24.4 Å². The maximum Gasteiger partial charge on any atom is 0.275 e. The number of aromatic nitrogens is 3. The predicted molar refractivity (Wildman–Crippen MR) is 136 cm³/mol. The summed E-state index contributed by atoms with van der Waals surface area (Å²) in [5.74, 6) is 0.618. The SMILES string of the molecule is Cc1ccc(-c2nn3c(=O)cc(CN4CCN(C(=O)CSc5ccccc5)CC4)nc3s2)cc1. The Balaban J connectivity index is 1.20. The van der Waals surface area contributed by atoms with Crippen molar-refractivity contribution in [3.05, 3.63) is 82.3 Å². The van der Waals surface area contributed by atoms with Gasteiger partial charge in [0.1, 0.15) is 5.01 Å². The number of amides is 1. The average molecular weight is 492 g/mol. The predicted octanol–water partition coefficient (Wildman–Crippen LogP) is 3.56. The Labute approximate surface area is 206 Å². The lowest BCUT2D eigenvalue weighted by atomic mass is 10.2. The molecule has 2 aromatic heterocycles. The van der Waals surface area contributed by atoms with E-state index in [9.17, 15) is 9.59 Å². The summed E-state index contributed by atoms with van der Waals surface area (Å²) >= 11 is 2.99. The molecule has 174 valence electrons. The van der Waals surface area contributed by atoms with Gasteiger partial charge < -0.3 is 4.90 Å². The fourth-order valence-corrected chi connectivity index (χ4v) is 5.64. The fourth-order valence-electron chi connectivity index (χ4n) is 3.89. The van der Waals surface area contributed by atoms with Gasteiger partial charge in [-0.1, -0.05) is 59.4 Å². The lowest BCUT2D eigenvalue weighted by Gasteiger charge is -2.34. The normalized spacial score (nSPS) is 14.6. The number of thioether (sulfide) groups is 1. The van der Waals surface area contributed by atoms with Crippen molar-refractivity contribution in [2.24, 2.45) is 0 Å². The molecule has 1 aliphatic rings. The van der Waals surface area contributed by atoms with Crippen LogP contribution in [-0.2, 0) is 11.3 Å². The molecule has 0 unspecified atom stereocenters. The van der Waals surface area contributed by atoms with Crippen LogP contribution < -0.4 is 5.56 Å². The highest BCUT2D eigenvalue weighted by atomic mass is 32.2. The van der Waals surface area contributed by atoms with Crippen LogP contribution in [0, 0.1) is 6.92 Å². The average Bonchev–Trinajstić information content (AvgIpc) is 3.29. The molecule has 0 aliphatic carbocycles. The Kier molecular flexibility index (Phi) is 6.75. The van der Waals surface area contributed by atoms with Crippen molar-refractivity contribution in [2.75, 3.05) is 31.9 Å². The van der Waals surface area contributed by atoms with Crippen LogP contribution in [0.15, 0.2) is 70.4 Å². The molecule has 0 saturated carbocycles. The quantitative estimate of drug-likeness (QED) is 0.384. The van der Waals surface area contributed by atoms with Crippen LogP contribution in [0.5, 0.6) is 0 Å². The first kappa shape index (κ1) is 22.8. The zero-order valence-corrected chi connectivity index (χ0v) is 20.5. The van der Waals surface area contributed by atoms with Gasteiger partial charge in [0.05, 0.1) is 11.4 Å². The number of nitrogens with zero attached hydrogens (tertiary/aromatic N) is 5. The molecule has 0 spiro atoms. The number of benzene rings is 2. The molecule has 0 bridgehead atoms. The van der Waals surface area contributed by atoms with Crippen molar-refractivity contribution < 1.29 is 4.79 Å². The second kappa shape index (κ2) is 10.1. The van der Waals surface area contributed by atoms with E-state index in [1.54, 1.807) is 17.8 Å². The van der Waals surface area contributed by atoms with Gasteiger partial charge in [0.15, 0.2) is 0 Å². The van der Waals surface area contributed by atoms with E-state index in [0.29, 0.717) is 30.3 Å². The third-order valence-electron chi connectivity index (χ3n) is 5.81. The minimum absolute atomic E-state index is 0.165. The van der Waals surface area contributed by atoms with Crippen LogP contribution >= 0.6 is 23.1 Å². The Bertz CT molecular complexity index is 1340. The van der Waals surface area contributed by atoms with Gasteiger partial charge in [-0.3, -0.25) is 14.5 Å². The molecule has 1 saturated heterocycles. The van der Waals surface area contributed by atoms with E-state index in [2.05, 4.69) is 10.00 Å². The maximum atomic E-state index is 12.7. The number of piperazine rings is 1. The van der Waals surface area contributed by atoms with E-state index in [1.807, 2.05) is 66.4 Å². The number of aryl methyl sites for hydroxylation is 1. The Morgan fingerprint density at radius 3 is 2.50 bits per heavy atom. The van der Waals surface area contributed by atoms with Crippen molar-refractivity contribution in [3.8, 4) is 10.6 Å². The Morgan fingerprint density at radius 2 is 1.76 bits per heavy atom. The molecule has 3 heterocycles. The first-order valence-electron chi connectivity index (χ1n) is 11.2. The van der Waals surface area contributed by atoms with Crippen molar-refractivity contribution >= 4 is 34.0 Å². The fraction of sp³-hybridized carbons (Fsp3) is 0.280. The summed E-state index contributed by atoms with van der Waals surface area (Å²) in [4.78, 5) is 35.8. The van der Waals surface area contributed by atoms with Crippen LogP contribution in [0.3, 0.4) is 0 Å². The van der Waals surface area contributed by atoms with E-state index in [1.165, 1.54) is 21.4 Å². The smallest absolute Gasteiger partial charge is 0.275 e. The van der Waals surface area contributed by atoms with Crippen molar-refractivity contribution in [1.29, 1.82) is 0 Å². The molecule has 1 aliphatic heterocycles. The van der Waals surface area contributed by atoms with Gasteiger partial charge in [0, 0.05) is 49.2 Å². The van der Waals surface area contributed by atoms with Crippen LogP contribution in [0.25, 0.3) is 15.5 Å². The maximum absolute atomic E-state index is 12.7. The molecular weight excluding hydrogens is 466 g/mol. The van der Waals surface area contributed by atoms with E-state index in [4.69, 9.17) is 4.98 Å². The van der Waals surface area contributed by atoms with E-state index in [-0.39, 0.29) is 11.5 Å². The summed E-state index contributed by atoms with van der Waals surface area (Å²) in [6, 6.07) is 19.7. The minimum Gasteiger partial charge on any atom is -0.339 e. The van der Waals surface area contributed by atoms with E-state index >= 15 is 0 Å². The largest absolute Gasteiger partial charge is 0.339 e. The third kappa shape index (κ3) is 5.22. The van der Waals surface area contributed by atoms with Gasteiger partial charge in [-0.2, -0.15) is 9.61 Å². The highest BCUT2D eigenvalue weighted by Gasteiger charge is 2.22. The zero-order chi connectivity index (χ0) is 23.5. The number of carbonyl (C=O) groups is 1. The number of hydrogen-bond acceptors (Lipinski definition) is 7. The molecule has 0 atom stereocenters. The van der Waals surface area contributed by atoms with Crippen LogP contribution in [0.2, 0.25) is 0 Å². The van der Waals surface area contributed by atoms with Gasteiger partial charge in [0.2, 0.25) is 10.9 Å². The summed E-state index contributed by atoms with van der Waals surface area (Å²) < 4.78 is 1.38. The minimum atomic E-state index is -0.165. The molecule has 0 N–H and O–H groups in total. The molecule has 9 heteroatoms. The Morgan fingerprint density at radius 1 is 1.03 bits per heavy atom. The number of rotatable bonds is 6. The van der Waals surface area contributed by atoms with Crippen LogP contribution in [0.4, 0.5) is 0 Å². The summed E-state index contributed by atoms with van der Waals surface area (Å²) in [7, 11) is 0. The second-order valence-corrected chi connectivity index (χ2v) is 10.3. The molecule has 34 heavy (non-hydrogen) atoms. The highest BCUT2D eigenvalue weighted by molar-refractivity contribution is 8.00. The number of hydrogen-bond donors (Lipinski definition) is 0. The summed E-state index contributed by atoms with van der Waals surface area (Å²) in [5.41, 5.74) is 2.73. The molecule has 5 rings (SSSR count). The third-order valence-corrected chi connectivity index (χ3v) is 7.77. The summed E-state index contributed by atoms with van der Waals surface area (Å²) in [6.45, 7) is 5.53. The highest BCUT2D eigenvalue weighted by Crippen LogP contribution is 2.25. The molecular formula is C25H25N5O2S2. The van der Waals surface area contributed by atoms with Crippen LogP contribution in [0.1, 0.15) is 11.3 Å². The number of fused-ring (bicyclic) bond motifs is 1. The molecule has 0 radical (unpaired) electrons. The zero-order valence-electron chi connectivity index (χ0n) is 18.9. The Hall–Kier alpha value is -3.01. The van der Waals surface area contributed by atoms with Crippen LogP contribution in [-0.4, -0.2) is 62.2 Å². The van der Waals surface area contributed by atoms with Gasteiger partial charge in [-0.05, 0) is 19.1 Å². The lowest BCUT2D eigenvalue weighted by molar-refractivity contribution is -0.130. The number of carbonyl (C=O) groups excluding carboxylic acids is 1. The van der Waals surface area contributed by atoms with Gasteiger partial charge in [0.25, 0.3) is 5.56 Å². The van der Waals surface area contributed by atoms with Crippen molar-refractivity contribution in [2.45, 2.75) is 18.4 Å². The molecule has 7 nitrogen and oxygen atoms in total. The standard InChI is InChI=1S/C25H25N5O2S2/c1-18-7-9-19(10-8-18)24-27-30-22(31)15-20(26-25(30)34-24)16-28-11-13-29(14-12-28)23(32)17-33-21-5-3-2-4-6-21/h2-10,15H,11-14,16-17H2,1H3. The first-order valence-corrected chi connectivity index (χ1v) is 13.0. The van der Waals surface area contributed by atoms with Gasteiger partial charge in [-0.25, -0.2) is 4.98 Å². The molecule has 4 aromatic rings. The van der Waals surface area contributed by atoms with Crippen molar-refractivity contribution in [3.63, 3.8) is 0 Å². The molecule has 1 fully saturated rings. The second-order valence-electron chi connectivity index (χ2n) is 8.31. The first-order chi connectivity index (χ1) is 16.5. The van der Waals surface area contributed by atoms with E-state index < -0.39 is 0 Å². The lowest BCUT2D eigenvalue weighted by Crippen LogP contribution is -2.49. The van der Waals surface area contributed by atoms with Gasteiger partial charge >= 0.3 is 0 Å². The van der Waals surface area contributed by atoms with Gasteiger partial charge in [-0.15, -0.1) is 11.8 Å².